The van der Waals surface area contributed by atoms with Crippen LogP contribution in [0.3, 0.4) is 0 Å². The Morgan fingerprint density at radius 2 is 0.786 bits per heavy atom. The van der Waals surface area contributed by atoms with Gasteiger partial charge in [0.15, 0.2) is 17.5 Å². The molecule has 17 aromatic rings. The van der Waals surface area contributed by atoms with Crippen molar-refractivity contribution < 1.29 is 20.6 Å². The van der Waals surface area contributed by atoms with Crippen molar-refractivity contribution >= 4 is 112 Å². The van der Waals surface area contributed by atoms with Crippen LogP contribution < -0.4 is 0 Å². The predicted octanol–water partition coefficient (Wildman–Crippen LogP) is 21.4. The Balaban J connectivity index is 1.13. The Morgan fingerprint density at radius 3 is 1.27 bits per heavy atom. The van der Waals surface area contributed by atoms with E-state index in [0.717, 1.165) is 40.3 Å². The first kappa shape index (κ1) is 35.1. The predicted molar refractivity (Wildman–Crippen MR) is 353 cm³/mol. The third-order valence-electron chi connectivity index (χ3n) is 15.6. The molecule has 0 aliphatic carbocycles. The second-order valence-corrected chi connectivity index (χ2v) is 22.3. The fraction of sp³-hybridized carbons (Fsp3) is 0. The summed E-state index contributed by atoms with van der Waals surface area (Å²) in [7, 11) is 0. The summed E-state index contributed by atoms with van der Waals surface area (Å²) >= 11 is 3.04. The summed E-state index contributed by atoms with van der Waals surface area (Å²) in [6.45, 7) is 9.59. The van der Waals surface area contributed by atoms with Crippen molar-refractivity contribution in [2.24, 2.45) is 0 Å². The number of nitrogens with zero attached hydrogens (tertiary/aromatic N) is 6. The summed E-state index contributed by atoms with van der Waals surface area (Å²) in [5.41, 5.74) is 3.54. The van der Waals surface area contributed by atoms with Crippen molar-refractivity contribution in [3.8, 4) is 78.9 Å². The van der Waals surface area contributed by atoms with Crippen LogP contribution in [-0.2, 0) is 0 Å². The Labute approximate surface area is 511 Å². The van der Waals surface area contributed by atoms with Crippen LogP contribution in [0.2, 0.25) is 0 Å². The van der Waals surface area contributed by atoms with Crippen LogP contribution in [0.1, 0.15) is 20.6 Å². The smallest absolute Gasteiger partial charge is 0.212 e. The quantitative estimate of drug-likeness (QED) is 0.143. The lowest BCUT2D eigenvalue weighted by Crippen LogP contribution is -2.08. The Morgan fingerprint density at radius 1 is 0.357 bits per heavy atom. The van der Waals surface area contributed by atoms with Crippen molar-refractivity contribution in [2.45, 2.75) is 0 Å². The van der Waals surface area contributed by atoms with Gasteiger partial charge in [0.25, 0.3) is 0 Å². The molecule has 17 rings (SSSR count). The number of thiophene rings is 2. The van der Waals surface area contributed by atoms with Crippen LogP contribution in [0, 0.1) is 6.57 Å². The maximum atomic E-state index is 10.3. The van der Waals surface area contributed by atoms with Crippen molar-refractivity contribution in [3.05, 3.63) is 278 Å². The molecule has 0 saturated carbocycles. The molecule has 5 aromatic heterocycles. The Hall–Kier alpha value is -10.8. The van der Waals surface area contributed by atoms with Crippen molar-refractivity contribution in [1.29, 1.82) is 0 Å². The molecule has 0 aliphatic rings. The molecule has 0 unspecified atom stereocenters. The van der Waals surface area contributed by atoms with E-state index in [0.29, 0.717) is 65.9 Å². The zero-order chi connectivity index (χ0) is 68.5. The summed E-state index contributed by atoms with van der Waals surface area (Å²) in [4.78, 5) is 20.1. The molecule has 0 N–H and O–H groups in total. The summed E-state index contributed by atoms with van der Waals surface area (Å²) in [6.07, 6.45) is 0. The van der Waals surface area contributed by atoms with Gasteiger partial charge in [-0.15, -0.1) is 22.7 Å². The lowest BCUT2D eigenvalue weighted by atomic mass is 9.94. The van der Waals surface area contributed by atoms with E-state index in [9.17, 15) is 17.5 Å². The molecular formula is C76H44N6S2. The van der Waals surface area contributed by atoms with Gasteiger partial charge in [-0.2, -0.15) is 0 Å². The van der Waals surface area contributed by atoms with Crippen molar-refractivity contribution in [3.63, 3.8) is 0 Å². The van der Waals surface area contributed by atoms with E-state index in [2.05, 4.69) is 4.85 Å². The van der Waals surface area contributed by atoms with Crippen molar-refractivity contribution in [2.75, 3.05) is 0 Å². The fourth-order valence-corrected chi connectivity index (χ4v) is 14.6. The second kappa shape index (κ2) is 19.2. The highest BCUT2D eigenvalue weighted by Gasteiger charge is 2.31. The normalized spacial score (nSPS) is 14.3. The van der Waals surface area contributed by atoms with Gasteiger partial charge in [-0.25, -0.2) is 19.8 Å². The highest BCUT2D eigenvalue weighted by Crippen LogP contribution is 2.53. The molecule has 8 heteroatoms. The SMILES string of the molecule is [2H]c1c([2H])c([2H])c(-c2ccc3c(c2)c2c4sc5ccccc5c4ccc2n3-c2c([N+]#[C-])cc(-c3nc(-c4ccccc4)nc(-c4ccccc4)n3)c(-n3c4ccc(-c5c([2H])c([2H])c([2H])c([2H])c5[2H])cc4c4c5sc6ccccc6c5ccc43)c2-c2c([2H])c([2H])c([2H])c([2H])c2[2H])c([2H])c1[2H]. The van der Waals surface area contributed by atoms with Gasteiger partial charge >= 0.3 is 0 Å². The first-order chi connectivity index (χ1) is 47.8. The lowest BCUT2D eigenvalue weighted by Gasteiger charge is -2.24. The molecular weight excluding hydrogens is 1060 g/mol. The van der Waals surface area contributed by atoms with Gasteiger partial charge in [-0.1, -0.05) is 212 Å². The highest BCUT2D eigenvalue weighted by atomic mass is 32.1. The van der Waals surface area contributed by atoms with Gasteiger partial charge in [0, 0.05) is 84.1 Å². The zero-order valence-corrected chi connectivity index (χ0v) is 45.4. The molecule has 390 valence electrons. The fourth-order valence-electron chi connectivity index (χ4n) is 12.1. The van der Waals surface area contributed by atoms with Crippen LogP contribution in [0.25, 0.3) is 168 Å². The first-order valence-electron chi connectivity index (χ1n) is 34.3. The number of fused-ring (bicyclic) bond motifs is 14. The van der Waals surface area contributed by atoms with Gasteiger partial charge < -0.3 is 9.13 Å². The highest BCUT2D eigenvalue weighted by molar-refractivity contribution is 7.27. The minimum absolute atomic E-state index is 0.0222. The van der Waals surface area contributed by atoms with Gasteiger partial charge in [0.2, 0.25) is 5.69 Å². The molecule has 0 spiro atoms. The summed E-state index contributed by atoms with van der Waals surface area (Å²) < 4.78 is 145. The molecule has 0 atom stereocenters. The van der Waals surface area contributed by atoms with E-state index in [1.54, 1.807) is 42.5 Å². The first-order valence-corrected chi connectivity index (χ1v) is 28.4. The van der Waals surface area contributed by atoms with E-state index in [-0.39, 0.29) is 62.4 Å². The molecule has 84 heavy (non-hydrogen) atoms. The van der Waals surface area contributed by atoms with Gasteiger partial charge in [-0.05, 0) is 82.4 Å². The topological polar surface area (TPSA) is 52.9 Å². The average Bonchev–Trinajstić information content (AvgIpc) is 1.65. The maximum Gasteiger partial charge on any atom is 0.212 e. The molecule has 6 nitrogen and oxygen atoms in total. The van der Waals surface area contributed by atoms with Crippen LogP contribution in [0.15, 0.2) is 267 Å². The van der Waals surface area contributed by atoms with E-state index in [1.807, 2.05) is 143 Å². The monoisotopic (exact) mass is 1120 g/mol. The van der Waals surface area contributed by atoms with Crippen LogP contribution in [0.5, 0.6) is 0 Å². The molecule has 0 fully saturated rings. The lowest BCUT2D eigenvalue weighted by molar-refractivity contribution is 1.06. The van der Waals surface area contributed by atoms with Crippen LogP contribution in [-0.4, -0.2) is 24.1 Å². The summed E-state index contributed by atoms with van der Waals surface area (Å²) in [5.74, 6) is 0.504. The van der Waals surface area contributed by atoms with E-state index in [1.165, 1.54) is 22.7 Å². The molecule has 0 bridgehead atoms. The van der Waals surface area contributed by atoms with Gasteiger partial charge in [-0.3, -0.25) is 0 Å². The minimum atomic E-state index is -0.677. The Bertz CT molecular complexity index is 6370. The molecule has 0 aliphatic heterocycles. The minimum Gasteiger partial charge on any atom is -0.318 e. The molecule has 12 aromatic carbocycles. The zero-order valence-electron chi connectivity index (χ0n) is 58.7. The van der Waals surface area contributed by atoms with Crippen molar-refractivity contribution in [1.82, 2.24) is 24.1 Å². The van der Waals surface area contributed by atoms with E-state index in [4.69, 9.17) is 24.5 Å². The number of hydrogen-bond acceptors (Lipinski definition) is 5. The van der Waals surface area contributed by atoms with E-state index < -0.39 is 90.6 Å². The van der Waals surface area contributed by atoms with E-state index >= 15 is 0 Å². The second-order valence-electron chi connectivity index (χ2n) is 20.2. The standard InChI is InChI=1S/C76H44N6S2/c1-77-60-45-59(76-79-74(49-27-13-5-14-28-49)78-75(80-76)50-29-15-6-16-30-50)70(81-61-39-35-51(46-21-7-2-8-22-46)43-57(61)68-63(81)41-37-55-53-31-17-19-33-65(53)83-72(55)68)67(48-25-11-4-12-26-48)71(60)82-62-40-36-52(47-23-9-3-10-24-47)44-58(62)69-64(82)42-38-56-54-32-18-20-34-66(54)84-73(56)69/h2-45H/i2D,3D,4D,7D,8D,9D,10D,11D,12D,21D,22D,23D,24D,25D,26D. The number of aromatic nitrogens is 5. The largest absolute Gasteiger partial charge is 0.318 e. The third kappa shape index (κ3) is 7.43. The molecule has 0 saturated heterocycles. The number of rotatable bonds is 8. The maximum absolute atomic E-state index is 10.3. The molecule has 0 amide bonds. The Kier molecular flexibility index (Phi) is 8.01. The average molecular weight is 1120 g/mol. The number of hydrogen-bond donors (Lipinski definition) is 0. The molecule has 5 heterocycles. The summed E-state index contributed by atoms with van der Waals surface area (Å²) in [5, 5.41) is 6.02. The van der Waals surface area contributed by atoms with Gasteiger partial charge in [0.05, 0.1) is 60.6 Å². The third-order valence-corrected chi connectivity index (χ3v) is 18.0. The van der Waals surface area contributed by atoms with Gasteiger partial charge in [0.1, 0.15) is 0 Å². The summed E-state index contributed by atoms with van der Waals surface area (Å²) in [6, 6.07) is 46.3. The van der Waals surface area contributed by atoms with Crippen LogP contribution in [0.4, 0.5) is 5.69 Å². The number of benzene rings is 12. The van der Waals surface area contributed by atoms with Crippen LogP contribution >= 0.6 is 22.7 Å². The molecule has 0 radical (unpaired) electrons.